The van der Waals surface area contributed by atoms with Crippen LogP contribution >= 0.6 is 0 Å². The first-order valence-corrected chi connectivity index (χ1v) is 3.59. The highest BCUT2D eigenvalue weighted by molar-refractivity contribution is 5.66. The van der Waals surface area contributed by atoms with E-state index in [1.54, 1.807) is 0 Å². The average Bonchev–Trinajstić information content (AvgIpc) is 1.87. The van der Waals surface area contributed by atoms with E-state index in [4.69, 9.17) is 4.74 Å². The maximum absolute atomic E-state index is 10.5. The molecule has 10 heavy (non-hydrogen) atoms. The Morgan fingerprint density at radius 2 is 1.90 bits per heavy atom. The van der Waals surface area contributed by atoms with Crippen LogP contribution in [0.25, 0.3) is 0 Å². The Labute approximate surface area is 62.6 Å². The minimum atomic E-state index is -0.494. The summed E-state index contributed by atoms with van der Waals surface area (Å²) in [7, 11) is 0. The van der Waals surface area contributed by atoms with Gasteiger partial charge in [-0.15, -0.1) is 0 Å². The summed E-state index contributed by atoms with van der Waals surface area (Å²) in [5, 5.41) is 0. The van der Waals surface area contributed by atoms with E-state index in [0.29, 0.717) is 0 Å². The van der Waals surface area contributed by atoms with E-state index < -0.39 is 5.60 Å². The summed E-state index contributed by atoms with van der Waals surface area (Å²) in [6, 6.07) is 0. The molecule has 0 amide bonds. The van der Waals surface area contributed by atoms with E-state index in [2.05, 4.69) is 6.92 Å². The SMILES string of the molecule is [CH2]C(CC)(CC)OC(C)=O. The molecule has 2 heteroatoms. The number of esters is 1. The van der Waals surface area contributed by atoms with Gasteiger partial charge in [0, 0.05) is 6.92 Å². The lowest BCUT2D eigenvalue weighted by Gasteiger charge is -2.25. The Balaban J connectivity index is 3.92. The highest BCUT2D eigenvalue weighted by atomic mass is 16.6. The second-order valence-corrected chi connectivity index (χ2v) is 2.48. The summed E-state index contributed by atoms with van der Waals surface area (Å²) >= 11 is 0. The Bertz CT molecular complexity index is 114. The standard InChI is InChI=1S/C8H15O2/c1-5-8(4,6-2)10-7(3)9/h4-6H2,1-3H3. The molecule has 0 fully saturated rings. The van der Waals surface area contributed by atoms with E-state index >= 15 is 0 Å². The van der Waals surface area contributed by atoms with Crippen LogP contribution in [-0.4, -0.2) is 11.6 Å². The van der Waals surface area contributed by atoms with Crippen molar-refractivity contribution in [1.29, 1.82) is 0 Å². The second-order valence-electron chi connectivity index (χ2n) is 2.48. The van der Waals surface area contributed by atoms with Crippen LogP contribution in [0.2, 0.25) is 0 Å². The molecule has 2 nitrogen and oxygen atoms in total. The van der Waals surface area contributed by atoms with Crippen LogP contribution < -0.4 is 0 Å². The first kappa shape index (κ1) is 9.47. The molecule has 0 aromatic heterocycles. The van der Waals surface area contributed by atoms with Gasteiger partial charge in [-0.3, -0.25) is 4.79 Å². The Morgan fingerprint density at radius 1 is 1.50 bits per heavy atom. The number of hydrogen-bond acceptors (Lipinski definition) is 2. The molecule has 0 saturated carbocycles. The maximum atomic E-state index is 10.5. The summed E-state index contributed by atoms with van der Waals surface area (Å²) < 4.78 is 4.99. The minimum absolute atomic E-state index is 0.251. The molecule has 0 atom stereocenters. The number of rotatable bonds is 3. The molecule has 0 rings (SSSR count). The fraction of sp³-hybridized carbons (Fsp3) is 0.750. The average molecular weight is 143 g/mol. The van der Waals surface area contributed by atoms with Gasteiger partial charge in [0.1, 0.15) is 5.60 Å². The number of carbonyl (C=O) groups excluding carboxylic acids is 1. The topological polar surface area (TPSA) is 26.3 Å². The molecule has 0 saturated heterocycles. The van der Waals surface area contributed by atoms with Gasteiger partial charge in [0.25, 0.3) is 0 Å². The largest absolute Gasteiger partial charge is 0.459 e. The molecule has 1 radical (unpaired) electrons. The second kappa shape index (κ2) is 3.59. The molecule has 0 bridgehead atoms. The molecule has 0 N–H and O–H groups in total. The quantitative estimate of drug-likeness (QED) is 0.564. The number of carbonyl (C=O) groups is 1. The van der Waals surface area contributed by atoms with Crippen LogP contribution in [0, 0.1) is 6.92 Å². The van der Waals surface area contributed by atoms with Gasteiger partial charge in [-0.2, -0.15) is 0 Å². The van der Waals surface area contributed by atoms with E-state index in [1.165, 1.54) is 6.92 Å². The van der Waals surface area contributed by atoms with Gasteiger partial charge in [-0.1, -0.05) is 13.8 Å². The third-order valence-electron chi connectivity index (χ3n) is 1.65. The predicted molar refractivity (Wildman–Crippen MR) is 40.4 cm³/mol. The molecule has 59 valence electrons. The number of hydrogen-bond donors (Lipinski definition) is 0. The smallest absolute Gasteiger partial charge is 0.303 e. The summed E-state index contributed by atoms with van der Waals surface area (Å²) in [6.07, 6.45) is 1.53. The molecule has 0 aromatic carbocycles. The van der Waals surface area contributed by atoms with Crippen LogP contribution in [0.4, 0.5) is 0 Å². The third kappa shape index (κ3) is 2.85. The molecule has 0 aliphatic carbocycles. The molecule has 0 unspecified atom stereocenters. The lowest BCUT2D eigenvalue weighted by molar-refractivity contribution is -0.153. The summed E-state index contributed by atoms with van der Waals surface area (Å²) in [5.41, 5.74) is -0.494. The summed E-state index contributed by atoms with van der Waals surface area (Å²) in [4.78, 5) is 10.5. The third-order valence-corrected chi connectivity index (χ3v) is 1.65. The van der Waals surface area contributed by atoms with Gasteiger partial charge < -0.3 is 4.74 Å². The molecule has 0 aliphatic rings. The first-order valence-electron chi connectivity index (χ1n) is 3.59. The van der Waals surface area contributed by atoms with Crippen LogP contribution in [-0.2, 0) is 9.53 Å². The van der Waals surface area contributed by atoms with Gasteiger partial charge in [0.2, 0.25) is 0 Å². The molecule has 0 aromatic rings. The number of ether oxygens (including phenoxy) is 1. The maximum Gasteiger partial charge on any atom is 0.303 e. The first-order chi connectivity index (χ1) is 4.54. The van der Waals surface area contributed by atoms with Crippen molar-refractivity contribution in [3.8, 4) is 0 Å². The van der Waals surface area contributed by atoms with Gasteiger partial charge in [-0.25, -0.2) is 0 Å². The van der Waals surface area contributed by atoms with Crippen molar-refractivity contribution < 1.29 is 9.53 Å². The molecular formula is C8H15O2. The van der Waals surface area contributed by atoms with E-state index in [1.807, 2.05) is 13.8 Å². The van der Waals surface area contributed by atoms with Gasteiger partial charge in [-0.05, 0) is 19.8 Å². The van der Waals surface area contributed by atoms with Crippen molar-refractivity contribution in [2.45, 2.75) is 39.2 Å². The van der Waals surface area contributed by atoms with Crippen molar-refractivity contribution in [2.75, 3.05) is 0 Å². The highest BCUT2D eigenvalue weighted by Gasteiger charge is 2.22. The molecule has 0 aliphatic heterocycles. The minimum Gasteiger partial charge on any atom is -0.459 e. The predicted octanol–water partition coefficient (Wildman–Crippen LogP) is 1.94. The van der Waals surface area contributed by atoms with Crippen LogP contribution in [0.5, 0.6) is 0 Å². The van der Waals surface area contributed by atoms with E-state index in [0.717, 1.165) is 12.8 Å². The molecule has 0 heterocycles. The van der Waals surface area contributed by atoms with Crippen LogP contribution in [0.1, 0.15) is 33.6 Å². The highest BCUT2D eigenvalue weighted by Crippen LogP contribution is 2.18. The zero-order valence-electron chi connectivity index (χ0n) is 6.94. The Morgan fingerprint density at radius 3 is 2.00 bits per heavy atom. The molecular weight excluding hydrogens is 128 g/mol. The van der Waals surface area contributed by atoms with Crippen LogP contribution in [0.3, 0.4) is 0 Å². The Hall–Kier alpha value is -0.530. The summed E-state index contributed by atoms with van der Waals surface area (Å²) in [5.74, 6) is -0.251. The van der Waals surface area contributed by atoms with Crippen LogP contribution in [0.15, 0.2) is 0 Å². The molecule has 0 spiro atoms. The Kier molecular flexibility index (Phi) is 3.40. The van der Waals surface area contributed by atoms with Gasteiger partial charge in [0.05, 0.1) is 0 Å². The van der Waals surface area contributed by atoms with Crippen molar-refractivity contribution >= 4 is 5.97 Å². The zero-order valence-corrected chi connectivity index (χ0v) is 6.94. The normalized spacial score (nSPS) is 11.2. The lowest BCUT2D eigenvalue weighted by Crippen LogP contribution is -2.29. The summed E-state index contributed by atoms with van der Waals surface area (Å²) in [6.45, 7) is 9.13. The fourth-order valence-corrected chi connectivity index (χ4v) is 0.699. The van der Waals surface area contributed by atoms with Crippen molar-refractivity contribution in [3.05, 3.63) is 6.92 Å². The van der Waals surface area contributed by atoms with Gasteiger partial charge in [0.15, 0.2) is 0 Å². The van der Waals surface area contributed by atoms with E-state index in [-0.39, 0.29) is 5.97 Å². The lowest BCUT2D eigenvalue weighted by atomic mass is 10.0. The zero-order chi connectivity index (χ0) is 8.20. The van der Waals surface area contributed by atoms with Crippen molar-refractivity contribution in [2.24, 2.45) is 0 Å². The van der Waals surface area contributed by atoms with Crippen molar-refractivity contribution in [1.82, 2.24) is 0 Å². The fourth-order valence-electron chi connectivity index (χ4n) is 0.699. The monoisotopic (exact) mass is 143 g/mol. The van der Waals surface area contributed by atoms with E-state index in [9.17, 15) is 4.79 Å². The van der Waals surface area contributed by atoms with Crippen molar-refractivity contribution in [3.63, 3.8) is 0 Å². The van der Waals surface area contributed by atoms with Gasteiger partial charge >= 0.3 is 5.97 Å².